The van der Waals surface area contributed by atoms with Gasteiger partial charge in [0.2, 0.25) is 5.78 Å². The molecule has 0 aromatic heterocycles. The number of carbonyl (C=O) groups excluding carboxylic acids is 2. The number of halogens is 4. The molecule has 3 aromatic rings. The van der Waals surface area contributed by atoms with Crippen molar-refractivity contribution >= 4 is 29.0 Å². The summed E-state index contributed by atoms with van der Waals surface area (Å²) in [7, 11) is 0. The molecule has 0 fully saturated rings. The molecule has 0 saturated heterocycles. The lowest BCUT2D eigenvalue weighted by molar-refractivity contribution is -0.137. The molecule has 3 aromatic carbocycles. The monoisotopic (exact) mass is 432 g/mol. The van der Waals surface area contributed by atoms with Crippen LogP contribution in [0.25, 0.3) is 0 Å². The minimum absolute atomic E-state index is 0.0375. The fourth-order valence-corrected chi connectivity index (χ4v) is 2.83. The van der Waals surface area contributed by atoms with Gasteiger partial charge in [-0.3, -0.25) is 9.59 Å². The molecular formula is C22H16ClF3N2O2. The van der Waals surface area contributed by atoms with Gasteiger partial charge in [-0.25, -0.2) is 0 Å². The number of amides is 1. The van der Waals surface area contributed by atoms with E-state index in [0.29, 0.717) is 10.6 Å². The van der Waals surface area contributed by atoms with E-state index >= 15 is 0 Å². The summed E-state index contributed by atoms with van der Waals surface area (Å²) in [5.41, 5.74) is -0.299. The van der Waals surface area contributed by atoms with E-state index in [9.17, 15) is 22.8 Å². The SMILES string of the molecule is O=C(NC(Nc1cccc(C(F)(F)F)c1)C(=O)c1ccccc1)c1ccc(Cl)cc1. The largest absolute Gasteiger partial charge is 0.416 e. The summed E-state index contributed by atoms with van der Waals surface area (Å²) in [5, 5.41) is 5.66. The number of nitrogens with one attached hydrogen (secondary N) is 2. The quantitative estimate of drug-likeness (QED) is 0.404. The first-order valence-electron chi connectivity index (χ1n) is 8.83. The van der Waals surface area contributed by atoms with Crippen molar-refractivity contribution in [2.45, 2.75) is 12.3 Å². The fraction of sp³-hybridized carbons (Fsp3) is 0.0909. The van der Waals surface area contributed by atoms with E-state index in [-0.39, 0.29) is 11.3 Å². The van der Waals surface area contributed by atoms with Gasteiger partial charge in [0.15, 0.2) is 6.17 Å². The van der Waals surface area contributed by atoms with Gasteiger partial charge in [-0.1, -0.05) is 48.0 Å². The van der Waals surface area contributed by atoms with Crippen molar-refractivity contribution in [1.82, 2.24) is 5.32 Å². The molecule has 30 heavy (non-hydrogen) atoms. The molecule has 0 saturated carbocycles. The molecule has 0 bridgehead atoms. The third-order valence-corrected chi connectivity index (χ3v) is 4.46. The van der Waals surface area contributed by atoms with E-state index in [2.05, 4.69) is 10.6 Å². The predicted molar refractivity (Wildman–Crippen MR) is 109 cm³/mol. The molecule has 1 unspecified atom stereocenters. The summed E-state index contributed by atoms with van der Waals surface area (Å²) in [4.78, 5) is 25.5. The van der Waals surface area contributed by atoms with Crippen LogP contribution in [0.5, 0.6) is 0 Å². The van der Waals surface area contributed by atoms with Gasteiger partial charge in [0.1, 0.15) is 0 Å². The van der Waals surface area contributed by atoms with Gasteiger partial charge in [-0.05, 0) is 42.5 Å². The second-order valence-corrected chi connectivity index (χ2v) is 6.80. The molecule has 0 aliphatic heterocycles. The van der Waals surface area contributed by atoms with Gasteiger partial charge in [0, 0.05) is 21.8 Å². The average molecular weight is 433 g/mol. The zero-order chi connectivity index (χ0) is 21.7. The first-order chi connectivity index (χ1) is 14.2. The Morgan fingerprint density at radius 3 is 2.13 bits per heavy atom. The lowest BCUT2D eigenvalue weighted by Crippen LogP contribution is -2.46. The molecule has 154 valence electrons. The highest BCUT2D eigenvalue weighted by Gasteiger charge is 2.31. The van der Waals surface area contributed by atoms with Crippen LogP contribution >= 0.6 is 11.6 Å². The highest BCUT2D eigenvalue weighted by atomic mass is 35.5. The van der Waals surface area contributed by atoms with E-state index in [1.54, 1.807) is 30.3 Å². The number of benzene rings is 3. The topological polar surface area (TPSA) is 58.2 Å². The predicted octanol–water partition coefficient (Wildman–Crippen LogP) is 5.41. The van der Waals surface area contributed by atoms with Crippen LogP contribution in [-0.2, 0) is 6.18 Å². The Labute approximate surface area is 175 Å². The number of hydrogen-bond acceptors (Lipinski definition) is 3. The Bertz CT molecular complexity index is 1040. The molecule has 0 spiro atoms. The summed E-state index contributed by atoms with van der Waals surface area (Å²) in [6.07, 6.45) is -5.83. The van der Waals surface area contributed by atoms with E-state index in [4.69, 9.17) is 11.6 Å². The Kier molecular flexibility index (Phi) is 6.42. The maximum Gasteiger partial charge on any atom is 0.416 e. The van der Waals surface area contributed by atoms with Gasteiger partial charge in [0.25, 0.3) is 5.91 Å². The molecule has 0 aliphatic rings. The molecule has 3 rings (SSSR count). The van der Waals surface area contributed by atoms with Crippen LogP contribution in [0.1, 0.15) is 26.3 Å². The molecule has 0 radical (unpaired) electrons. The first kappa shape index (κ1) is 21.4. The van der Waals surface area contributed by atoms with E-state index in [1.807, 2.05) is 0 Å². The highest BCUT2D eigenvalue weighted by Crippen LogP contribution is 2.30. The normalized spacial score (nSPS) is 12.1. The molecule has 1 amide bonds. The van der Waals surface area contributed by atoms with Crippen LogP contribution in [0.3, 0.4) is 0 Å². The van der Waals surface area contributed by atoms with Crippen molar-refractivity contribution in [2.75, 3.05) is 5.32 Å². The third-order valence-electron chi connectivity index (χ3n) is 4.20. The Hall–Kier alpha value is -3.32. The van der Waals surface area contributed by atoms with Crippen LogP contribution in [0.2, 0.25) is 5.02 Å². The zero-order valence-electron chi connectivity index (χ0n) is 15.4. The summed E-state index contributed by atoms with van der Waals surface area (Å²) in [6.45, 7) is 0. The zero-order valence-corrected chi connectivity index (χ0v) is 16.2. The van der Waals surface area contributed by atoms with Gasteiger partial charge in [-0.2, -0.15) is 13.2 Å². The van der Waals surface area contributed by atoms with Crippen molar-refractivity contribution < 1.29 is 22.8 Å². The van der Waals surface area contributed by atoms with Gasteiger partial charge >= 0.3 is 6.18 Å². The second kappa shape index (κ2) is 9.00. The van der Waals surface area contributed by atoms with Crippen molar-refractivity contribution in [2.24, 2.45) is 0 Å². The minimum Gasteiger partial charge on any atom is -0.359 e. The van der Waals surface area contributed by atoms with Gasteiger partial charge in [-0.15, -0.1) is 0 Å². The molecular weight excluding hydrogens is 417 g/mol. The fourth-order valence-electron chi connectivity index (χ4n) is 2.70. The summed E-state index contributed by atoms with van der Waals surface area (Å²) in [6, 6.07) is 18.5. The Morgan fingerprint density at radius 1 is 0.833 bits per heavy atom. The maximum atomic E-state index is 13.0. The van der Waals surface area contributed by atoms with Crippen molar-refractivity contribution in [1.29, 1.82) is 0 Å². The molecule has 4 nitrogen and oxygen atoms in total. The Morgan fingerprint density at radius 2 is 1.50 bits per heavy atom. The molecule has 1 atom stereocenters. The second-order valence-electron chi connectivity index (χ2n) is 6.37. The minimum atomic E-state index is -4.54. The van der Waals surface area contributed by atoms with Crippen molar-refractivity contribution in [3.63, 3.8) is 0 Å². The van der Waals surface area contributed by atoms with Crippen LogP contribution < -0.4 is 10.6 Å². The lowest BCUT2D eigenvalue weighted by atomic mass is 10.1. The third kappa shape index (κ3) is 5.39. The Balaban J connectivity index is 1.89. The lowest BCUT2D eigenvalue weighted by Gasteiger charge is -2.21. The molecule has 0 heterocycles. The molecule has 0 aliphatic carbocycles. The highest BCUT2D eigenvalue weighted by molar-refractivity contribution is 6.30. The van der Waals surface area contributed by atoms with Crippen LogP contribution in [0.4, 0.5) is 18.9 Å². The summed E-state index contributed by atoms with van der Waals surface area (Å²) < 4.78 is 39.1. The van der Waals surface area contributed by atoms with Gasteiger partial charge in [0.05, 0.1) is 5.56 Å². The average Bonchev–Trinajstić information content (AvgIpc) is 2.73. The number of ketones is 1. The van der Waals surface area contributed by atoms with Crippen molar-refractivity contribution in [3.8, 4) is 0 Å². The van der Waals surface area contributed by atoms with Crippen LogP contribution in [-0.4, -0.2) is 17.9 Å². The summed E-state index contributed by atoms with van der Waals surface area (Å²) in [5.74, 6) is -1.09. The molecule has 8 heteroatoms. The standard InChI is InChI=1S/C22H16ClF3N2O2/c23-17-11-9-15(10-12-17)21(30)28-20(19(29)14-5-2-1-3-6-14)27-18-8-4-7-16(13-18)22(24,25)26/h1-13,20,27H,(H,28,30). The maximum absolute atomic E-state index is 13.0. The van der Waals surface area contributed by atoms with Gasteiger partial charge < -0.3 is 10.6 Å². The van der Waals surface area contributed by atoms with E-state index in [1.165, 1.54) is 36.4 Å². The van der Waals surface area contributed by atoms with Crippen LogP contribution in [0, 0.1) is 0 Å². The van der Waals surface area contributed by atoms with Crippen molar-refractivity contribution in [3.05, 3.63) is 101 Å². The first-order valence-corrected chi connectivity index (χ1v) is 9.21. The number of rotatable bonds is 6. The number of alkyl halides is 3. The number of Topliss-reactive ketones (excluding diaryl/α,β-unsaturated/α-hetero) is 1. The number of carbonyl (C=O) groups is 2. The number of anilines is 1. The number of hydrogen-bond donors (Lipinski definition) is 2. The van der Waals surface area contributed by atoms with Crippen LogP contribution in [0.15, 0.2) is 78.9 Å². The van der Waals surface area contributed by atoms with E-state index < -0.39 is 29.6 Å². The smallest absolute Gasteiger partial charge is 0.359 e. The van der Waals surface area contributed by atoms with E-state index in [0.717, 1.165) is 12.1 Å². The summed E-state index contributed by atoms with van der Waals surface area (Å²) >= 11 is 5.82. The molecule has 2 N–H and O–H groups in total.